The van der Waals surface area contributed by atoms with E-state index in [9.17, 15) is 4.79 Å². The molecule has 0 saturated carbocycles. The molecular formula is C27H28N2O3. The molecule has 0 fully saturated rings. The SMILES string of the molecule is CCCCCCOc1ccc(-c2nc3cc(C(=O)c4ccccc4)ccc3[nH]2)cc1OC. The predicted octanol–water partition coefficient (Wildman–Crippen LogP) is 6.43. The molecule has 0 aliphatic heterocycles. The molecular weight excluding hydrogens is 400 g/mol. The molecule has 1 N–H and O–H groups in total. The lowest BCUT2D eigenvalue weighted by atomic mass is 10.0. The van der Waals surface area contributed by atoms with Gasteiger partial charge in [-0.15, -0.1) is 0 Å². The summed E-state index contributed by atoms with van der Waals surface area (Å²) in [6.45, 7) is 2.88. The van der Waals surface area contributed by atoms with E-state index in [1.54, 1.807) is 7.11 Å². The van der Waals surface area contributed by atoms with E-state index in [0.29, 0.717) is 23.5 Å². The van der Waals surface area contributed by atoms with Gasteiger partial charge in [-0.1, -0.05) is 56.5 Å². The first-order chi connectivity index (χ1) is 15.7. The summed E-state index contributed by atoms with van der Waals surface area (Å²) in [6.07, 6.45) is 4.64. The van der Waals surface area contributed by atoms with Crippen LogP contribution in [0.4, 0.5) is 0 Å². The number of rotatable bonds is 10. The van der Waals surface area contributed by atoms with Gasteiger partial charge in [0, 0.05) is 16.7 Å². The second-order valence-corrected chi connectivity index (χ2v) is 7.79. The molecule has 0 atom stereocenters. The molecule has 0 saturated heterocycles. The summed E-state index contributed by atoms with van der Waals surface area (Å²) in [5, 5.41) is 0. The fourth-order valence-electron chi connectivity index (χ4n) is 3.69. The van der Waals surface area contributed by atoms with Gasteiger partial charge in [0.05, 0.1) is 24.8 Å². The van der Waals surface area contributed by atoms with E-state index in [-0.39, 0.29) is 5.78 Å². The molecule has 5 nitrogen and oxygen atoms in total. The Balaban J connectivity index is 1.55. The smallest absolute Gasteiger partial charge is 0.193 e. The van der Waals surface area contributed by atoms with E-state index in [1.807, 2.05) is 66.7 Å². The number of nitrogens with one attached hydrogen (secondary N) is 1. The van der Waals surface area contributed by atoms with Crippen molar-refractivity contribution in [3.63, 3.8) is 0 Å². The third-order valence-corrected chi connectivity index (χ3v) is 5.47. The number of hydrogen-bond acceptors (Lipinski definition) is 4. The van der Waals surface area contributed by atoms with Gasteiger partial charge in [-0.25, -0.2) is 4.98 Å². The van der Waals surface area contributed by atoms with Crippen molar-refractivity contribution < 1.29 is 14.3 Å². The number of ether oxygens (including phenoxy) is 2. The van der Waals surface area contributed by atoms with Crippen LogP contribution in [0.25, 0.3) is 22.4 Å². The summed E-state index contributed by atoms with van der Waals surface area (Å²) in [6, 6.07) is 20.6. The number of carbonyl (C=O) groups is 1. The number of benzene rings is 3. The zero-order valence-electron chi connectivity index (χ0n) is 18.6. The summed E-state index contributed by atoms with van der Waals surface area (Å²) in [5.74, 6) is 2.12. The van der Waals surface area contributed by atoms with Gasteiger partial charge in [-0.3, -0.25) is 4.79 Å². The lowest BCUT2D eigenvalue weighted by Gasteiger charge is -2.11. The molecule has 0 aliphatic rings. The van der Waals surface area contributed by atoms with Crippen molar-refractivity contribution in [3.8, 4) is 22.9 Å². The van der Waals surface area contributed by atoms with Crippen LogP contribution in [0.2, 0.25) is 0 Å². The first-order valence-electron chi connectivity index (χ1n) is 11.1. The molecule has 164 valence electrons. The second-order valence-electron chi connectivity index (χ2n) is 7.79. The molecule has 0 spiro atoms. The fourth-order valence-corrected chi connectivity index (χ4v) is 3.69. The highest BCUT2D eigenvalue weighted by molar-refractivity contribution is 6.10. The molecule has 0 aliphatic carbocycles. The number of hydrogen-bond donors (Lipinski definition) is 1. The Hall–Kier alpha value is -3.60. The number of methoxy groups -OCH3 is 1. The highest BCUT2D eigenvalue weighted by Gasteiger charge is 2.13. The molecule has 0 amide bonds. The van der Waals surface area contributed by atoms with Crippen LogP contribution in [0.15, 0.2) is 66.7 Å². The maximum Gasteiger partial charge on any atom is 0.193 e. The van der Waals surface area contributed by atoms with Crippen LogP contribution in [0.3, 0.4) is 0 Å². The lowest BCUT2D eigenvalue weighted by molar-refractivity contribution is 0.103. The van der Waals surface area contributed by atoms with E-state index < -0.39 is 0 Å². The van der Waals surface area contributed by atoms with Crippen molar-refractivity contribution >= 4 is 16.8 Å². The normalized spacial score (nSPS) is 10.9. The Morgan fingerprint density at radius 1 is 0.906 bits per heavy atom. The van der Waals surface area contributed by atoms with Gasteiger partial charge < -0.3 is 14.5 Å². The number of carbonyl (C=O) groups excluding carboxylic acids is 1. The summed E-state index contributed by atoms with van der Waals surface area (Å²) in [4.78, 5) is 20.8. The van der Waals surface area contributed by atoms with Gasteiger partial charge in [0.1, 0.15) is 5.82 Å². The highest BCUT2D eigenvalue weighted by atomic mass is 16.5. The number of ketones is 1. The Kier molecular flexibility index (Phi) is 6.85. The predicted molar refractivity (Wildman–Crippen MR) is 128 cm³/mol. The molecule has 32 heavy (non-hydrogen) atoms. The first kappa shape index (κ1) is 21.6. The van der Waals surface area contributed by atoms with Gasteiger partial charge in [-0.05, 0) is 42.8 Å². The molecule has 4 aromatic rings. The van der Waals surface area contributed by atoms with Crippen molar-refractivity contribution in [1.82, 2.24) is 9.97 Å². The Bertz CT molecular complexity index is 1200. The van der Waals surface area contributed by atoms with Crippen LogP contribution < -0.4 is 9.47 Å². The monoisotopic (exact) mass is 428 g/mol. The average molecular weight is 429 g/mol. The summed E-state index contributed by atoms with van der Waals surface area (Å²) in [7, 11) is 1.64. The quantitative estimate of drug-likeness (QED) is 0.234. The fraction of sp³-hybridized carbons (Fsp3) is 0.259. The largest absolute Gasteiger partial charge is 0.493 e. The van der Waals surface area contributed by atoms with Gasteiger partial charge in [0.25, 0.3) is 0 Å². The Morgan fingerprint density at radius 2 is 1.75 bits per heavy atom. The van der Waals surface area contributed by atoms with Crippen LogP contribution in [-0.2, 0) is 0 Å². The Labute approximate surface area is 188 Å². The number of H-pyrrole nitrogens is 1. The number of imidazole rings is 1. The first-order valence-corrected chi connectivity index (χ1v) is 11.1. The van der Waals surface area contributed by atoms with Crippen molar-refractivity contribution in [3.05, 3.63) is 77.9 Å². The number of unbranched alkanes of at least 4 members (excludes halogenated alkanes) is 3. The molecule has 1 aromatic heterocycles. The van der Waals surface area contributed by atoms with E-state index >= 15 is 0 Å². The minimum Gasteiger partial charge on any atom is -0.493 e. The maximum absolute atomic E-state index is 12.8. The number of nitrogens with zero attached hydrogens (tertiary/aromatic N) is 1. The van der Waals surface area contributed by atoms with E-state index in [2.05, 4.69) is 11.9 Å². The molecule has 5 heteroatoms. The zero-order valence-corrected chi connectivity index (χ0v) is 18.6. The van der Waals surface area contributed by atoms with Crippen LogP contribution >= 0.6 is 0 Å². The third kappa shape index (κ3) is 4.83. The minimum absolute atomic E-state index is 0.0147. The third-order valence-electron chi connectivity index (χ3n) is 5.47. The highest BCUT2D eigenvalue weighted by Crippen LogP contribution is 2.32. The summed E-state index contributed by atoms with van der Waals surface area (Å²) < 4.78 is 11.5. The van der Waals surface area contributed by atoms with Gasteiger partial charge in [0.2, 0.25) is 0 Å². The van der Waals surface area contributed by atoms with Crippen molar-refractivity contribution in [2.24, 2.45) is 0 Å². The molecule has 1 heterocycles. The zero-order chi connectivity index (χ0) is 22.3. The number of fused-ring (bicyclic) bond motifs is 1. The lowest BCUT2D eigenvalue weighted by Crippen LogP contribution is -2.00. The molecule has 0 bridgehead atoms. The average Bonchev–Trinajstić information content (AvgIpc) is 3.27. The molecule has 4 rings (SSSR count). The van der Waals surface area contributed by atoms with Crippen molar-refractivity contribution in [2.45, 2.75) is 32.6 Å². The van der Waals surface area contributed by atoms with E-state index in [1.165, 1.54) is 19.3 Å². The van der Waals surface area contributed by atoms with Crippen LogP contribution in [0, 0.1) is 0 Å². The topological polar surface area (TPSA) is 64.2 Å². The van der Waals surface area contributed by atoms with E-state index in [4.69, 9.17) is 14.5 Å². The van der Waals surface area contributed by atoms with Gasteiger partial charge in [0.15, 0.2) is 17.3 Å². The standard InChI is InChI=1S/C27H28N2O3/c1-3-4-5-9-16-32-24-15-13-21(18-25(24)31-2)27-28-22-14-12-20(17-23(22)29-27)26(30)19-10-7-6-8-11-19/h6-8,10-15,17-18H,3-5,9,16H2,1-2H3,(H,28,29). The summed E-state index contributed by atoms with van der Waals surface area (Å²) >= 11 is 0. The summed E-state index contributed by atoms with van der Waals surface area (Å²) in [5.41, 5.74) is 3.80. The van der Waals surface area contributed by atoms with E-state index in [0.717, 1.165) is 34.6 Å². The Morgan fingerprint density at radius 3 is 2.53 bits per heavy atom. The van der Waals surface area contributed by atoms with Crippen LogP contribution in [0.5, 0.6) is 11.5 Å². The van der Waals surface area contributed by atoms with Gasteiger partial charge >= 0.3 is 0 Å². The van der Waals surface area contributed by atoms with Crippen molar-refractivity contribution in [1.29, 1.82) is 0 Å². The number of aromatic nitrogens is 2. The minimum atomic E-state index is -0.0147. The molecule has 0 radical (unpaired) electrons. The van der Waals surface area contributed by atoms with Crippen LogP contribution in [0.1, 0.15) is 48.5 Å². The molecule has 3 aromatic carbocycles. The maximum atomic E-state index is 12.8. The molecule has 0 unspecified atom stereocenters. The van der Waals surface area contributed by atoms with Gasteiger partial charge in [-0.2, -0.15) is 0 Å². The van der Waals surface area contributed by atoms with Crippen LogP contribution in [-0.4, -0.2) is 29.5 Å². The van der Waals surface area contributed by atoms with Crippen molar-refractivity contribution in [2.75, 3.05) is 13.7 Å². The second kappa shape index (κ2) is 10.1. The number of aromatic amines is 1.